The van der Waals surface area contributed by atoms with E-state index in [0.717, 1.165) is 39.4 Å². The van der Waals surface area contributed by atoms with Crippen LogP contribution in [0.4, 0.5) is 0 Å². The maximum absolute atomic E-state index is 5.43. The molecule has 3 heteroatoms. The highest BCUT2D eigenvalue weighted by atomic mass is 16.5. The van der Waals surface area contributed by atoms with E-state index in [1.165, 1.54) is 24.0 Å². The number of aryl methyl sites for hydroxylation is 1. The summed E-state index contributed by atoms with van der Waals surface area (Å²) < 4.78 is 5.43. The first-order valence-corrected chi connectivity index (χ1v) is 7.95. The molecule has 1 fully saturated rings. The van der Waals surface area contributed by atoms with E-state index in [1.54, 1.807) is 0 Å². The van der Waals surface area contributed by atoms with Gasteiger partial charge in [-0.1, -0.05) is 44.5 Å². The number of likely N-dealkylation sites (N-methyl/N-ethyl adjacent to an activating group) is 1. The van der Waals surface area contributed by atoms with Gasteiger partial charge in [0, 0.05) is 25.7 Å². The summed E-state index contributed by atoms with van der Waals surface area (Å²) >= 11 is 0. The minimum atomic E-state index is 0.425. The number of benzene rings is 1. The molecule has 0 saturated carbocycles. The first-order chi connectivity index (χ1) is 9.83. The van der Waals surface area contributed by atoms with E-state index >= 15 is 0 Å². The molecule has 1 N–H and O–H groups in total. The van der Waals surface area contributed by atoms with Gasteiger partial charge >= 0.3 is 0 Å². The third-order valence-electron chi connectivity index (χ3n) is 3.92. The van der Waals surface area contributed by atoms with E-state index in [9.17, 15) is 0 Å². The molecule has 0 aromatic heterocycles. The van der Waals surface area contributed by atoms with Crippen LogP contribution >= 0.6 is 0 Å². The van der Waals surface area contributed by atoms with Gasteiger partial charge in [0.2, 0.25) is 0 Å². The van der Waals surface area contributed by atoms with Gasteiger partial charge in [-0.05, 0) is 24.1 Å². The van der Waals surface area contributed by atoms with Crippen molar-refractivity contribution in [1.82, 2.24) is 10.2 Å². The first-order valence-electron chi connectivity index (χ1n) is 7.95. The lowest BCUT2D eigenvalue weighted by molar-refractivity contribution is 0.0335. The van der Waals surface area contributed by atoms with Crippen molar-refractivity contribution in [2.24, 2.45) is 0 Å². The highest BCUT2D eigenvalue weighted by Crippen LogP contribution is 2.17. The van der Waals surface area contributed by atoms with Crippen molar-refractivity contribution >= 4 is 0 Å². The largest absolute Gasteiger partial charge is 0.379 e. The second-order valence-electron chi connectivity index (χ2n) is 5.51. The van der Waals surface area contributed by atoms with E-state index in [0.29, 0.717) is 6.04 Å². The zero-order valence-corrected chi connectivity index (χ0v) is 12.9. The molecule has 1 atom stereocenters. The molecule has 1 aliphatic heterocycles. The summed E-state index contributed by atoms with van der Waals surface area (Å²) in [6.07, 6.45) is 2.39. The van der Waals surface area contributed by atoms with Crippen molar-refractivity contribution in [1.29, 1.82) is 0 Å². The molecule has 112 valence electrons. The van der Waals surface area contributed by atoms with Crippen molar-refractivity contribution in [2.45, 2.75) is 32.7 Å². The molecule has 2 rings (SSSR count). The highest BCUT2D eigenvalue weighted by Gasteiger charge is 2.17. The molecule has 1 aromatic rings. The summed E-state index contributed by atoms with van der Waals surface area (Å²) in [6.45, 7) is 10.3. The average Bonchev–Trinajstić information content (AvgIpc) is 2.49. The Hall–Kier alpha value is -0.900. The second kappa shape index (κ2) is 8.40. The second-order valence-corrected chi connectivity index (χ2v) is 5.51. The average molecular weight is 276 g/mol. The van der Waals surface area contributed by atoms with Gasteiger partial charge in [-0.3, -0.25) is 4.90 Å². The molecule has 0 radical (unpaired) electrons. The van der Waals surface area contributed by atoms with Gasteiger partial charge in [0.05, 0.1) is 13.2 Å². The Morgan fingerprint density at radius 1 is 1.15 bits per heavy atom. The quantitative estimate of drug-likeness (QED) is 0.828. The summed E-state index contributed by atoms with van der Waals surface area (Å²) in [5.74, 6) is 0. The summed E-state index contributed by atoms with van der Waals surface area (Å²) in [4.78, 5) is 2.50. The Morgan fingerprint density at radius 2 is 1.85 bits per heavy atom. The van der Waals surface area contributed by atoms with Crippen LogP contribution in [0, 0.1) is 0 Å². The molecule has 1 unspecified atom stereocenters. The fraction of sp³-hybridized carbons (Fsp3) is 0.647. The Morgan fingerprint density at radius 3 is 2.45 bits per heavy atom. The maximum atomic E-state index is 5.43. The molecule has 0 spiro atoms. The minimum absolute atomic E-state index is 0.425. The third-order valence-corrected chi connectivity index (χ3v) is 3.92. The predicted octanol–water partition coefficient (Wildman–Crippen LogP) is 2.62. The smallest absolute Gasteiger partial charge is 0.0594 e. The Balaban J connectivity index is 1.98. The molecule has 3 nitrogen and oxygen atoms in total. The molecule has 1 heterocycles. The predicted molar refractivity (Wildman–Crippen MR) is 84.1 cm³/mol. The summed E-state index contributed by atoms with van der Waals surface area (Å²) in [6, 6.07) is 9.57. The molecule has 0 aliphatic carbocycles. The topological polar surface area (TPSA) is 24.5 Å². The van der Waals surface area contributed by atoms with Gasteiger partial charge in [-0.15, -0.1) is 0 Å². The fourth-order valence-corrected chi connectivity index (χ4v) is 2.78. The van der Waals surface area contributed by atoms with Gasteiger partial charge in [0.1, 0.15) is 0 Å². The van der Waals surface area contributed by atoms with Crippen molar-refractivity contribution in [3.05, 3.63) is 35.4 Å². The van der Waals surface area contributed by atoms with Crippen LogP contribution in [0.3, 0.4) is 0 Å². The number of ether oxygens (including phenoxy) is 1. The van der Waals surface area contributed by atoms with Crippen molar-refractivity contribution in [3.63, 3.8) is 0 Å². The summed E-state index contributed by atoms with van der Waals surface area (Å²) in [7, 11) is 0. The van der Waals surface area contributed by atoms with E-state index in [1.807, 2.05) is 0 Å². The van der Waals surface area contributed by atoms with Crippen LogP contribution in [0.15, 0.2) is 24.3 Å². The van der Waals surface area contributed by atoms with Crippen LogP contribution in [-0.4, -0.2) is 44.3 Å². The van der Waals surface area contributed by atoms with E-state index in [-0.39, 0.29) is 0 Å². The first kappa shape index (κ1) is 15.5. The summed E-state index contributed by atoms with van der Waals surface area (Å²) in [5.41, 5.74) is 2.84. The van der Waals surface area contributed by atoms with Crippen LogP contribution in [-0.2, 0) is 11.2 Å². The molecular weight excluding hydrogens is 248 g/mol. The molecule has 1 aliphatic rings. The van der Waals surface area contributed by atoms with Crippen LogP contribution in [0.5, 0.6) is 0 Å². The number of nitrogens with one attached hydrogen (secondary N) is 1. The third kappa shape index (κ3) is 4.58. The lowest BCUT2D eigenvalue weighted by Crippen LogP contribution is -2.41. The fourth-order valence-electron chi connectivity index (χ4n) is 2.78. The van der Waals surface area contributed by atoms with Crippen LogP contribution < -0.4 is 5.32 Å². The number of rotatable bonds is 7. The Labute approximate surface area is 123 Å². The minimum Gasteiger partial charge on any atom is -0.379 e. The van der Waals surface area contributed by atoms with Gasteiger partial charge < -0.3 is 10.1 Å². The van der Waals surface area contributed by atoms with E-state index in [2.05, 4.69) is 48.3 Å². The molecule has 0 amide bonds. The van der Waals surface area contributed by atoms with Crippen molar-refractivity contribution in [3.8, 4) is 0 Å². The highest BCUT2D eigenvalue weighted by molar-refractivity contribution is 5.25. The standard InChI is InChI=1S/C17H28N2O/c1-3-5-15-6-8-16(9-7-15)17(18-4-2)14-19-10-12-20-13-11-19/h6-9,17-18H,3-5,10-14H2,1-2H3. The molecular formula is C17H28N2O. The van der Waals surface area contributed by atoms with Gasteiger partial charge in [0.15, 0.2) is 0 Å². The lowest BCUT2D eigenvalue weighted by atomic mass is 10.0. The number of nitrogens with zero attached hydrogens (tertiary/aromatic N) is 1. The normalized spacial score (nSPS) is 18.1. The van der Waals surface area contributed by atoms with Crippen LogP contribution in [0.25, 0.3) is 0 Å². The lowest BCUT2D eigenvalue weighted by Gasteiger charge is -2.31. The van der Waals surface area contributed by atoms with Gasteiger partial charge in [-0.2, -0.15) is 0 Å². The maximum Gasteiger partial charge on any atom is 0.0594 e. The molecule has 20 heavy (non-hydrogen) atoms. The van der Waals surface area contributed by atoms with Crippen LogP contribution in [0.1, 0.15) is 37.4 Å². The Bertz CT molecular complexity index is 371. The molecule has 0 bridgehead atoms. The molecule has 1 saturated heterocycles. The Kier molecular flexibility index (Phi) is 6.51. The zero-order chi connectivity index (χ0) is 14.2. The SMILES string of the molecule is CCCc1ccc(C(CN2CCOCC2)NCC)cc1. The monoisotopic (exact) mass is 276 g/mol. The van der Waals surface area contributed by atoms with E-state index in [4.69, 9.17) is 4.74 Å². The van der Waals surface area contributed by atoms with Gasteiger partial charge in [0.25, 0.3) is 0 Å². The van der Waals surface area contributed by atoms with Crippen molar-refractivity contribution in [2.75, 3.05) is 39.4 Å². The number of morpholine rings is 1. The van der Waals surface area contributed by atoms with E-state index < -0.39 is 0 Å². The van der Waals surface area contributed by atoms with Crippen molar-refractivity contribution < 1.29 is 4.74 Å². The number of hydrogen-bond acceptors (Lipinski definition) is 3. The van der Waals surface area contributed by atoms with Crippen LogP contribution in [0.2, 0.25) is 0 Å². The zero-order valence-electron chi connectivity index (χ0n) is 12.9. The molecule has 1 aromatic carbocycles. The number of hydrogen-bond donors (Lipinski definition) is 1. The summed E-state index contributed by atoms with van der Waals surface area (Å²) in [5, 5.41) is 3.62. The van der Waals surface area contributed by atoms with Gasteiger partial charge in [-0.25, -0.2) is 0 Å².